The molecule has 0 saturated heterocycles. The van der Waals surface area contributed by atoms with Crippen molar-refractivity contribution < 1.29 is 4.92 Å². The molecule has 1 aliphatic carbocycles. The number of hydrogen-bond donors (Lipinski definition) is 2. The molecule has 1 rings (SSSR count). The van der Waals surface area contributed by atoms with Gasteiger partial charge in [-0.2, -0.15) is 0 Å². The Morgan fingerprint density at radius 2 is 2.11 bits per heavy atom. The number of rotatable bonds is 6. The van der Waals surface area contributed by atoms with Crippen molar-refractivity contribution in [3.8, 4) is 0 Å². The summed E-state index contributed by atoms with van der Waals surface area (Å²) >= 11 is 0. The fraction of sp³-hybridized carbons (Fsp3) is 0.667. The number of hydrazine groups is 1. The second-order valence-corrected chi connectivity index (χ2v) is 4.23. The Labute approximate surface area is 108 Å². The minimum absolute atomic E-state index is 0.184. The quantitative estimate of drug-likeness (QED) is 0.427. The second-order valence-electron chi connectivity index (χ2n) is 4.23. The van der Waals surface area contributed by atoms with E-state index in [2.05, 4.69) is 13.0 Å². The van der Waals surface area contributed by atoms with E-state index in [0.717, 1.165) is 25.1 Å². The minimum atomic E-state index is -0.455. The zero-order valence-electron chi connectivity index (χ0n) is 11.0. The van der Waals surface area contributed by atoms with Crippen molar-refractivity contribution in [1.82, 2.24) is 5.01 Å². The summed E-state index contributed by atoms with van der Waals surface area (Å²) in [7, 11) is 0. The molecule has 0 radical (unpaired) electrons. The van der Waals surface area contributed by atoms with Crippen molar-refractivity contribution in [1.29, 1.82) is 0 Å². The van der Waals surface area contributed by atoms with Crippen molar-refractivity contribution in [3.05, 3.63) is 34.7 Å². The molecule has 0 aromatic rings. The van der Waals surface area contributed by atoms with Crippen LogP contribution in [0.3, 0.4) is 0 Å². The lowest BCUT2D eigenvalue weighted by Crippen LogP contribution is -2.33. The highest BCUT2D eigenvalue weighted by Crippen LogP contribution is 2.26. The smallest absolute Gasteiger partial charge is 0.223 e. The van der Waals surface area contributed by atoms with Gasteiger partial charge in [-0.15, -0.1) is 0 Å². The van der Waals surface area contributed by atoms with E-state index in [-0.39, 0.29) is 6.54 Å². The SMILES string of the molecule is CC/C=C/N(N)CC1CCC1.N/C=C/C[N+](=O)[O-]. The minimum Gasteiger partial charge on any atom is -0.405 e. The first-order valence-electron chi connectivity index (χ1n) is 6.26. The second kappa shape index (κ2) is 10.6. The fourth-order valence-electron chi connectivity index (χ4n) is 1.42. The van der Waals surface area contributed by atoms with Gasteiger partial charge in [0.2, 0.25) is 6.54 Å². The van der Waals surface area contributed by atoms with E-state index < -0.39 is 4.92 Å². The van der Waals surface area contributed by atoms with Gasteiger partial charge in [-0.25, -0.2) is 5.84 Å². The number of nitro groups is 1. The Morgan fingerprint density at radius 3 is 2.44 bits per heavy atom. The van der Waals surface area contributed by atoms with Crippen molar-refractivity contribution >= 4 is 0 Å². The third kappa shape index (κ3) is 9.65. The molecular formula is C12H24N4O2. The van der Waals surface area contributed by atoms with Crippen LogP contribution in [-0.4, -0.2) is 23.0 Å². The Balaban J connectivity index is 0.000000360. The first kappa shape index (κ1) is 16.4. The molecule has 0 bridgehead atoms. The number of hydrogen-bond acceptors (Lipinski definition) is 5. The van der Waals surface area contributed by atoms with Crippen LogP contribution in [0, 0.1) is 16.0 Å². The summed E-state index contributed by atoms with van der Waals surface area (Å²) in [6.07, 6.45) is 11.7. The molecule has 6 heteroatoms. The van der Waals surface area contributed by atoms with Crippen LogP contribution in [0.5, 0.6) is 0 Å². The van der Waals surface area contributed by atoms with Crippen LogP contribution in [0.4, 0.5) is 0 Å². The van der Waals surface area contributed by atoms with Crippen molar-refractivity contribution in [2.45, 2.75) is 32.6 Å². The van der Waals surface area contributed by atoms with Crippen LogP contribution >= 0.6 is 0 Å². The Kier molecular flexibility index (Phi) is 9.67. The Hall–Kier alpha value is -1.56. The molecule has 0 aromatic carbocycles. The number of allylic oxidation sites excluding steroid dienone is 1. The molecule has 0 atom stereocenters. The molecule has 18 heavy (non-hydrogen) atoms. The molecular weight excluding hydrogens is 232 g/mol. The van der Waals surface area contributed by atoms with E-state index in [4.69, 9.17) is 11.6 Å². The van der Waals surface area contributed by atoms with Crippen LogP contribution in [0.2, 0.25) is 0 Å². The number of nitrogens with two attached hydrogens (primary N) is 2. The zero-order valence-corrected chi connectivity index (χ0v) is 11.0. The summed E-state index contributed by atoms with van der Waals surface area (Å²) in [5.74, 6) is 6.58. The molecule has 6 nitrogen and oxygen atoms in total. The molecule has 0 spiro atoms. The van der Waals surface area contributed by atoms with Gasteiger partial charge in [0.1, 0.15) is 0 Å². The average molecular weight is 256 g/mol. The predicted octanol–water partition coefficient (Wildman–Crippen LogP) is 1.62. The van der Waals surface area contributed by atoms with Crippen LogP contribution in [0.1, 0.15) is 32.6 Å². The van der Waals surface area contributed by atoms with Crippen molar-refractivity contribution in [2.24, 2.45) is 17.5 Å². The first-order valence-corrected chi connectivity index (χ1v) is 6.26. The Bertz CT molecular complexity index is 275. The molecule has 104 valence electrons. The highest BCUT2D eigenvalue weighted by molar-refractivity contribution is 4.81. The molecule has 4 N–H and O–H groups in total. The standard InChI is InChI=1S/C9H18N2.C3H6N2O2/c1-2-3-7-11(10)8-9-5-4-6-9;4-2-1-3-5(6)7/h3,7,9H,2,4-6,8,10H2,1H3;1-2H,3-4H2/b7-3+;2-1+. The van der Waals surface area contributed by atoms with Gasteiger partial charge >= 0.3 is 0 Å². The highest BCUT2D eigenvalue weighted by Gasteiger charge is 2.17. The van der Waals surface area contributed by atoms with Crippen LogP contribution in [-0.2, 0) is 0 Å². The zero-order chi connectivity index (χ0) is 13.8. The van der Waals surface area contributed by atoms with Gasteiger partial charge in [-0.1, -0.05) is 19.4 Å². The highest BCUT2D eigenvalue weighted by atomic mass is 16.6. The van der Waals surface area contributed by atoms with Gasteiger partial charge in [0, 0.05) is 23.7 Å². The maximum absolute atomic E-state index is 9.46. The summed E-state index contributed by atoms with van der Waals surface area (Å²) in [6, 6.07) is 0. The van der Waals surface area contributed by atoms with Gasteiger partial charge in [0.15, 0.2) is 0 Å². The van der Waals surface area contributed by atoms with Gasteiger partial charge < -0.3 is 10.7 Å². The lowest BCUT2D eigenvalue weighted by atomic mass is 9.85. The van der Waals surface area contributed by atoms with Gasteiger partial charge in [-0.3, -0.25) is 10.1 Å². The molecule has 0 heterocycles. The summed E-state index contributed by atoms with van der Waals surface area (Å²) in [5, 5.41) is 11.3. The van der Waals surface area contributed by atoms with E-state index in [9.17, 15) is 10.1 Å². The van der Waals surface area contributed by atoms with Crippen molar-refractivity contribution in [2.75, 3.05) is 13.1 Å². The molecule has 0 aliphatic heterocycles. The fourth-order valence-corrected chi connectivity index (χ4v) is 1.42. The molecule has 1 aliphatic rings. The molecule has 0 amide bonds. The van der Waals surface area contributed by atoms with E-state index in [0.29, 0.717) is 0 Å². The predicted molar refractivity (Wildman–Crippen MR) is 72.9 cm³/mol. The van der Waals surface area contributed by atoms with Gasteiger partial charge in [0.25, 0.3) is 0 Å². The van der Waals surface area contributed by atoms with Gasteiger partial charge in [-0.05, 0) is 31.4 Å². The van der Waals surface area contributed by atoms with Crippen LogP contribution < -0.4 is 11.6 Å². The lowest BCUT2D eigenvalue weighted by Gasteiger charge is -2.28. The largest absolute Gasteiger partial charge is 0.405 e. The van der Waals surface area contributed by atoms with E-state index >= 15 is 0 Å². The van der Waals surface area contributed by atoms with Crippen LogP contribution in [0.25, 0.3) is 0 Å². The monoisotopic (exact) mass is 256 g/mol. The summed E-state index contributed by atoms with van der Waals surface area (Å²) in [6.45, 7) is 2.97. The maximum atomic E-state index is 9.46. The lowest BCUT2D eigenvalue weighted by molar-refractivity contribution is -0.468. The van der Waals surface area contributed by atoms with Crippen molar-refractivity contribution in [3.63, 3.8) is 0 Å². The summed E-state index contributed by atoms with van der Waals surface area (Å²) < 4.78 is 0. The normalized spacial score (nSPS) is 15.2. The third-order valence-corrected chi connectivity index (χ3v) is 2.62. The van der Waals surface area contributed by atoms with Gasteiger partial charge in [0.05, 0.1) is 0 Å². The third-order valence-electron chi connectivity index (χ3n) is 2.62. The van der Waals surface area contributed by atoms with E-state index in [1.807, 2.05) is 11.2 Å². The summed E-state index contributed by atoms with van der Waals surface area (Å²) in [5.41, 5.74) is 4.79. The van der Waals surface area contributed by atoms with E-state index in [1.54, 1.807) is 0 Å². The molecule has 0 unspecified atom stereocenters. The summed E-state index contributed by atoms with van der Waals surface area (Å²) in [4.78, 5) is 9.00. The first-order chi connectivity index (χ1) is 8.60. The molecule has 0 aromatic heterocycles. The maximum Gasteiger partial charge on any atom is 0.223 e. The van der Waals surface area contributed by atoms with Crippen LogP contribution in [0.15, 0.2) is 24.6 Å². The molecule has 1 fully saturated rings. The average Bonchev–Trinajstić information content (AvgIpc) is 2.29. The number of nitrogens with zero attached hydrogens (tertiary/aromatic N) is 2. The topological polar surface area (TPSA) is 98.4 Å². The van der Waals surface area contributed by atoms with E-state index in [1.165, 1.54) is 25.3 Å². The Morgan fingerprint density at radius 1 is 1.44 bits per heavy atom. The molecule has 1 saturated carbocycles.